The van der Waals surface area contributed by atoms with Crippen LogP contribution in [0.3, 0.4) is 0 Å². The van der Waals surface area contributed by atoms with Crippen molar-refractivity contribution in [1.29, 1.82) is 0 Å². The Kier molecular flexibility index (Phi) is 30.0. The maximum Gasteiger partial charge on any atom is 0.197 e. The predicted octanol–water partition coefficient (Wildman–Crippen LogP) is 11.7. The van der Waals surface area contributed by atoms with Crippen molar-refractivity contribution in [2.45, 2.75) is 52.9 Å². The van der Waals surface area contributed by atoms with Gasteiger partial charge in [0.15, 0.2) is 78.6 Å². The van der Waals surface area contributed by atoms with Gasteiger partial charge in [-0.25, -0.2) is 0 Å². The lowest BCUT2D eigenvalue weighted by Crippen LogP contribution is -2.04. The molecule has 726 valence electrons. The van der Waals surface area contributed by atoms with Crippen LogP contribution in [-0.2, 0) is 52.9 Å². The molecule has 40 heteroatoms. The lowest BCUT2D eigenvalue weighted by atomic mass is 10.0. The van der Waals surface area contributed by atoms with E-state index in [0.717, 1.165) is 24.3 Å². The highest BCUT2D eigenvalue weighted by molar-refractivity contribution is 5.93. The van der Waals surface area contributed by atoms with Crippen molar-refractivity contribution < 1.29 is 168 Å². The Morgan fingerprint density at radius 3 is 0.667 bits per heavy atom. The zero-order valence-electron chi connectivity index (χ0n) is 73.4. The Morgan fingerprint density at radius 1 is 0.199 bits per heavy atom. The summed E-state index contributed by atoms with van der Waals surface area (Å²) in [6, 6.07) is 43.9. The number of methoxy groups -OCH3 is 3. The van der Waals surface area contributed by atoms with E-state index >= 15 is 0 Å². The third-order valence-corrected chi connectivity index (χ3v) is 21.9. The number of rotatable bonds is 17. The molecule has 0 aliphatic rings. The summed E-state index contributed by atoms with van der Waals surface area (Å²) in [6.45, 7) is -4.37. The molecule has 141 heavy (non-hydrogen) atoms. The number of benzene rings is 12. The monoisotopic (exact) mass is 1930 g/mol. The molecule has 0 aliphatic carbocycles. The maximum absolute atomic E-state index is 12.4. The summed E-state index contributed by atoms with van der Waals surface area (Å²) < 4.78 is 49.0. The Balaban J connectivity index is 0.000000142. The van der Waals surface area contributed by atoms with Crippen LogP contribution >= 0.6 is 0 Å². The minimum absolute atomic E-state index is 0.00257. The number of phenols is 17. The van der Waals surface area contributed by atoms with Gasteiger partial charge in [0.25, 0.3) is 0 Å². The van der Waals surface area contributed by atoms with Crippen molar-refractivity contribution in [2.24, 2.45) is 0 Å². The summed E-state index contributed by atoms with van der Waals surface area (Å²) in [5.41, 5.74) is -0.149. The molecule has 0 saturated heterocycles. The number of ether oxygens (including phenoxy) is 3. The van der Waals surface area contributed by atoms with Gasteiger partial charge in [0.1, 0.15) is 169 Å². The van der Waals surface area contributed by atoms with Gasteiger partial charge >= 0.3 is 0 Å². The zero-order chi connectivity index (χ0) is 102. The fourth-order valence-corrected chi connectivity index (χ4v) is 14.6. The number of aliphatic hydroxyl groups excluding tert-OH is 8. The fraction of sp³-hybridized carbons (Fsp3) is 0.109. The first-order valence-corrected chi connectivity index (χ1v) is 41.2. The maximum atomic E-state index is 12.4. The highest BCUT2D eigenvalue weighted by atomic mass is 16.5. The second-order valence-electron chi connectivity index (χ2n) is 30.4. The smallest absolute Gasteiger partial charge is 0.197 e. The number of aliphatic hydroxyl groups is 8. The number of aromatic hydroxyl groups is 17. The van der Waals surface area contributed by atoms with Crippen LogP contribution in [0.5, 0.6) is 115 Å². The van der Waals surface area contributed by atoms with Crippen LogP contribution in [0.15, 0.2) is 249 Å². The molecule has 0 spiro atoms. The first-order chi connectivity index (χ1) is 67.4. The van der Waals surface area contributed by atoms with Crippen molar-refractivity contribution >= 4 is 65.8 Å². The normalized spacial score (nSPS) is 11.0. The highest BCUT2D eigenvalue weighted by Crippen LogP contribution is 2.45. The Hall–Kier alpha value is -18.4. The standard InChI is InChI=1S/C18H16O7.2C17H14O7.C17H14O6.C16H12O7.C16H12O6/c1-23-13-4-3-9(5-15(13)24-2)14-7-12(21)17-16(25-14)6-11(20)10(8-19)18(17)22;1-23-14-4-8(2-3-10(14)19)13-6-12(21)16-15(24-13)5-11(20)9(7-18)17(16)22;18-6-9-4-15-16(17(23)10(9)7-19)13(22)5-14(24-15)8-1-2-11(20)12(21)3-8;18-7-10-5-15-16(17(22)12(10)8-19)13(21)6-14(23-15)9-1-3-11(20)4-2-9;17-6-8-10(19)4-14-15(16(8)22)12(21)5-13(23-14)7-1-2-9(18)11(20)3-7;17-7-10-11(19)5-14-15(16(10)21)12(20)6-13(22-14)8-1-3-9(18)4-2-8/h3-7,19-20,22H,8H2,1-2H3;2-6,18-20,22H,7H2,1H3;1-5,18-21,23H,6-7H2;1-6,18-20,22H,7-8H2;1-5,17-20,22H,6H2;1-6,17-19,21H,7H2. The summed E-state index contributed by atoms with van der Waals surface area (Å²) >= 11 is 0. The fourth-order valence-electron chi connectivity index (χ4n) is 14.6. The molecule has 0 atom stereocenters. The van der Waals surface area contributed by atoms with Gasteiger partial charge < -0.3 is 168 Å². The molecular formula is C101H82O40. The molecule has 25 N–H and O–H groups in total. The molecule has 6 aromatic heterocycles. The first kappa shape index (κ1) is 100. The van der Waals surface area contributed by atoms with E-state index in [2.05, 4.69) is 0 Å². The molecule has 0 aliphatic heterocycles. The van der Waals surface area contributed by atoms with Crippen molar-refractivity contribution in [3.63, 3.8) is 0 Å². The molecule has 0 amide bonds. The average molecular weight is 1940 g/mol. The van der Waals surface area contributed by atoms with Crippen molar-refractivity contribution in [3.05, 3.63) is 300 Å². The summed E-state index contributed by atoms with van der Waals surface area (Å²) in [5.74, 6) is -3.40. The molecule has 6 heterocycles. The van der Waals surface area contributed by atoms with E-state index in [4.69, 9.17) is 50.9 Å². The quantitative estimate of drug-likeness (QED) is 0.0376. The van der Waals surface area contributed by atoms with Crippen LogP contribution in [0.1, 0.15) is 44.5 Å². The predicted molar refractivity (Wildman–Crippen MR) is 503 cm³/mol. The number of fused-ring (bicyclic) bond motifs is 6. The highest BCUT2D eigenvalue weighted by Gasteiger charge is 2.27. The number of phenolic OH excluding ortho intramolecular Hbond substituents is 7. The van der Waals surface area contributed by atoms with E-state index in [1.807, 2.05) is 0 Å². The van der Waals surface area contributed by atoms with Crippen molar-refractivity contribution in [2.75, 3.05) is 21.3 Å². The van der Waals surface area contributed by atoms with E-state index in [1.54, 1.807) is 42.5 Å². The van der Waals surface area contributed by atoms with Crippen LogP contribution in [0.4, 0.5) is 0 Å². The molecule has 18 rings (SSSR count). The molecule has 0 bridgehead atoms. The van der Waals surface area contributed by atoms with Crippen molar-refractivity contribution in [1.82, 2.24) is 0 Å². The Bertz CT molecular complexity index is 8270. The average Bonchev–Trinajstić information content (AvgIpc) is 0.788. The van der Waals surface area contributed by atoms with Gasteiger partial charge in [0.2, 0.25) is 0 Å². The van der Waals surface area contributed by atoms with Gasteiger partial charge in [-0.15, -0.1) is 0 Å². The minimum Gasteiger partial charge on any atom is -0.508 e. The molecular weight excluding hydrogens is 1850 g/mol. The first-order valence-electron chi connectivity index (χ1n) is 41.2. The largest absolute Gasteiger partial charge is 0.508 e. The van der Waals surface area contributed by atoms with Crippen LogP contribution < -0.4 is 46.8 Å². The summed E-state index contributed by atoms with van der Waals surface area (Å²) in [7, 11) is 4.39. The third kappa shape index (κ3) is 20.4. The molecule has 12 aromatic carbocycles. The van der Waals surface area contributed by atoms with Gasteiger partial charge in [0.05, 0.1) is 96.4 Å². The summed E-state index contributed by atoms with van der Waals surface area (Å²) in [6.07, 6.45) is 0. The molecule has 18 aromatic rings. The number of hydrogen-bond acceptors (Lipinski definition) is 40. The molecule has 40 nitrogen and oxygen atoms in total. The van der Waals surface area contributed by atoms with Gasteiger partial charge in [-0.05, 0) is 145 Å². The van der Waals surface area contributed by atoms with E-state index in [-0.39, 0.29) is 214 Å². The van der Waals surface area contributed by atoms with E-state index in [0.29, 0.717) is 44.9 Å². The van der Waals surface area contributed by atoms with Crippen molar-refractivity contribution in [3.8, 4) is 183 Å². The second kappa shape index (κ2) is 42.2. The van der Waals surface area contributed by atoms with Crippen LogP contribution in [0, 0.1) is 0 Å². The third-order valence-electron chi connectivity index (χ3n) is 21.9. The van der Waals surface area contributed by atoms with E-state index < -0.39 is 120 Å². The van der Waals surface area contributed by atoms with Gasteiger partial charge in [0, 0.05) is 105 Å². The van der Waals surface area contributed by atoms with Gasteiger partial charge in [-0.1, -0.05) is 0 Å². The number of hydrogen-bond donors (Lipinski definition) is 25. The van der Waals surface area contributed by atoms with E-state index in [9.17, 15) is 146 Å². The Labute approximate surface area is 787 Å². The lowest BCUT2D eigenvalue weighted by Gasteiger charge is -2.11. The van der Waals surface area contributed by atoms with Crippen LogP contribution in [0.25, 0.3) is 134 Å². The SMILES string of the molecule is COc1cc(-c2cc(=O)c3c(O)c(CO)c(O)cc3o2)ccc1O.COc1ccc(-c2cc(=O)c3c(O)c(CO)c(O)cc3o2)cc1OC.O=c1cc(-c2ccc(O)c(O)c2)oc2cc(CO)c(CO)c(O)c12.O=c1cc(-c2ccc(O)c(O)c2)oc2cc(O)c(CO)c(O)c12.O=c1cc(-c2ccc(O)cc2)oc2cc(CO)c(CO)c(O)c12.O=c1cc(-c2ccc(O)cc2)oc2cc(O)c(CO)c(O)c12. The van der Waals surface area contributed by atoms with Crippen LogP contribution in [-0.4, -0.2) is 149 Å². The minimum atomic E-state index is -0.638. The van der Waals surface area contributed by atoms with E-state index in [1.165, 1.54) is 149 Å². The van der Waals surface area contributed by atoms with Gasteiger partial charge in [-0.3, -0.25) is 28.8 Å². The lowest BCUT2D eigenvalue weighted by molar-refractivity contribution is 0.255. The second-order valence-corrected chi connectivity index (χ2v) is 30.4. The molecule has 0 unspecified atom stereocenters. The zero-order valence-corrected chi connectivity index (χ0v) is 73.4. The van der Waals surface area contributed by atoms with Crippen LogP contribution in [0.2, 0.25) is 0 Å². The molecule has 0 fully saturated rings. The summed E-state index contributed by atoms with van der Waals surface area (Å²) in [4.78, 5) is 73.8. The topological polar surface area (TPSA) is 715 Å². The molecule has 0 saturated carbocycles. The Morgan fingerprint density at radius 2 is 0.418 bits per heavy atom. The summed E-state index contributed by atoms with van der Waals surface area (Å²) in [5, 5.41) is 239. The molecule has 0 radical (unpaired) electrons. The van der Waals surface area contributed by atoms with Gasteiger partial charge in [-0.2, -0.15) is 0 Å².